The minimum Gasteiger partial charge on any atom is -0.326 e. The number of nitrogens with zero attached hydrogens (tertiary/aromatic N) is 1. The Morgan fingerprint density at radius 2 is 1.72 bits per heavy atom. The molecule has 1 amide bonds. The molecule has 0 aliphatic heterocycles. The van der Waals surface area contributed by atoms with Gasteiger partial charge in [0.15, 0.2) is 0 Å². The van der Waals surface area contributed by atoms with Gasteiger partial charge in [0, 0.05) is 27.7 Å². The fourth-order valence-corrected chi connectivity index (χ4v) is 6.09. The van der Waals surface area contributed by atoms with Crippen LogP contribution in [0.15, 0.2) is 54.7 Å². The highest BCUT2D eigenvalue weighted by atomic mass is 35.5. The molecule has 2 aliphatic carbocycles. The second kappa shape index (κ2) is 8.15. The minimum absolute atomic E-state index is 0.0666. The van der Waals surface area contributed by atoms with E-state index in [1.165, 1.54) is 11.6 Å². The van der Waals surface area contributed by atoms with Crippen LogP contribution in [0.2, 0.25) is 5.02 Å². The Balaban J connectivity index is 1.28. The third-order valence-electron chi connectivity index (χ3n) is 7.90. The van der Waals surface area contributed by atoms with Gasteiger partial charge in [-0.2, -0.15) is 0 Å². The van der Waals surface area contributed by atoms with E-state index in [0.717, 1.165) is 42.3 Å². The summed E-state index contributed by atoms with van der Waals surface area (Å²) in [6.07, 6.45) is 6.19. The van der Waals surface area contributed by atoms with Crippen molar-refractivity contribution in [3.05, 3.63) is 71.1 Å². The van der Waals surface area contributed by atoms with Crippen LogP contribution in [0.4, 0.5) is 10.1 Å². The van der Waals surface area contributed by atoms with Crippen molar-refractivity contribution < 1.29 is 9.18 Å². The highest BCUT2D eigenvalue weighted by Gasteiger charge is 2.48. The van der Waals surface area contributed by atoms with Gasteiger partial charge < -0.3 is 5.32 Å². The monoisotopic (exact) mass is 450 g/mol. The first-order chi connectivity index (χ1) is 15.3. The Bertz CT molecular complexity index is 1150. The molecule has 2 saturated carbocycles. The van der Waals surface area contributed by atoms with Gasteiger partial charge in [-0.3, -0.25) is 9.78 Å². The number of carbonyl (C=O) groups excluding carboxylic acids is 1. The van der Waals surface area contributed by atoms with Crippen LogP contribution in [0.25, 0.3) is 10.9 Å². The average molecular weight is 451 g/mol. The Labute approximate surface area is 193 Å². The Kier molecular flexibility index (Phi) is 5.45. The number of hydrogen-bond acceptors (Lipinski definition) is 2. The fraction of sp³-hybridized carbons (Fsp3) is 0.407. The first-order valence-corrected chi connectivity index (χ1v) is 11.8. The zero-order valence-electron chi connectivity index (χ0n) is 18.4. The van der Waals surface area contributed by atoms with Crippen molar-refractivity contribution in [2.45, 2.75) is 45.4 Å². The van der Waals surface area contributed by atoms with Crippen molar-refractivity contribution >= 4 is 34.1 Å². The summed E-state index contributed by atoms with van der Waals surface area (Å²) in [6.45, 7) is 4.14. The summed E-state index contributed by atoms with van der Waals surface area (Å²) >= 11 is 5.96. The Hall–Kier alpha value is -2.46. The van der Waals surface area contributed by atoms with Gasteiger partial charge in [0.05, 0.1) is 5.52 Å². The van der Waals surface area contributed by atoms with Gasteiger partial charge in [0.25, 0.3) is 0 Å². The zero-order chi connectivity index (χ0) is 22.5. The topological polar surface area (TPSA) is 42.0 Å². The Morgan fingerprint density at radius 3 is 2.41 bits per heavy atom. The van der Waals surface area contributed by atoms with Gasteiger partial charge in [-0.05, 0) is 103 Å². The summed E-state index contributed by atoms with van der Waals surface area (Å²) in [7, 11) is 0. The maximum absolute atomic E-state index is 13.9. The summed E-state index contributed by atoms with van der Waals surface area (Å²) in [5.74, 6) is 1.88. The van der Waals surface area contributed by atoms with Crippen molar-refractivity contribution in [1.82, 2.24) is 4.98 Å². The lowest BCUT2D eigenvalue weighted by Gasteiger charge is -2.31. The maximum atomic E-state index is 13.9. The van der Waals surface area contributed by atoms with Gasteiger partial charge in [0.1, 0.15) is 5.82 Å². The predicted octanol–water partition coefficient (Wildman–Crippen LogP) is 7.21. The molecule has 2 aromatic carbocycles. The van der Waals surface area contributed by atoms with Gasteiger partial charge in [-0.25, -0.2) is 4.39 Å². The van der Waals surface area contributed by atoms with E-state index >= 15 is 0 Å². The van der Waals surface area contributed by atoms with E-state index < -0.39 is 5.41 Å². The molecule has 5 heteroatoms. The molecule has 0 saturated heterocycles. The molecule has 2 fully saturated rings. The molecule has 1 aromatic heterocycles. The molecule has 0 radical (unpaired) electrons. The van der Waals surface area contributed by atoms with Crippen LogP contribution >= 0.6 is 11.6 Å². The third kappa shape index (κ3) is 3.90. The van der Waals surface area contributed by atoms with Crippen LogP contribution in [0.1, 0.15) is 51.0 Å². The van der Waals surface area contributed by atoms with E-state index in [9.17, 15) is 9.18 Å². The number of fused-ring (bicyclic) bond motifs is 2. The normalized spacial score (nSPS) is 25.1. The van der Waals surface area contributed by atoms with E-state index in [1.54, 1.807) is 24.3 Å². The molecule has 166 valence electrons. The largest absolute Gasteiger partial charge is 0.326 e. The van der Waals surface area contributed by atoms with Crippen LogP contribution in [0.3, 0.4) is 0 Å². The molecule has 0 spiro atoms. The molecule has 3 aromatic rings. The standard InChI is InChI=1S/C27H28ClFN2O/c1-27(2,26(32)31-22-6-3-20(28)4-7-22)19-13-16-11-18(12-17(16)14-19)23-9-10-30-25-8-5-21(29)15-24(23)25/h3-10,15-19H,11-14H2,1-2H3,(H,31,32)/t16-,17?,18?,19?/m1/s1. The fourth-order valence-electron chi connectivity index (χ4n) is 5.97. The van der Waals surface area contributed by atoms with E-state index in [1.807, 2.05) is 18.3 Å². The smallest absolute Gasteiger partial charge is 0.230 e. The Morgan fingerprint density at radius 1 is 1.03 bits per heavy atom. The number of nitrogens with one attached hydrogen (secondary N) is 1. The maximum Gasteiger partial charge on any atom is 0.230 e. The number of rotatable bonds is 4. The first kappa shape index (κ1) is 21.4. The number of pyridine rings is 1. The number of anilines is 1. The summed E-state index contributed by atoms with van der Waals surface area (Å²) in [5, 5.41) is 4.67. The molecule has 2 aliphatic rings. The van der Waals surface area contributed by atoms with Crippen LogP contribution in [0, 0.1) is 29.0 Å². The van der Waals surface area contributed by atoms with Crippen molar-refractivity contribution in [2.75, 3.05) is 5.32 Å². The summed E-state index contributed by atoms with van der Waals surface area (Å²) < 4.78 is 13.9. The molecular formula is C27H28ClFN2O. The van der Waals surface area contributed by atoms with Crippen LogP contribution in [0.5, 0.6) is 0 Å². The lowest BCUT2D eigenvalue weighted by Crippen LogP contribution is -2.37. The van der Waals surface area contributed by atoms with Crippen molar-refractivity contribution in [1.29, 1.82) is 0 Å². The van der Waals surface area contributed by atoms with E-state index in [-0.39, 0.29) is 11.7 Å². The molecule has 1 N–H and O–H groups in total. The van der Waals surface area contributed by atoms with Crippen LogP contribution in [-0.4, -0.2) is 10.9 Å². The van der Waals surface area contributed by atoms with Crippen molar-refractivity contribution in [3.63, 3.8) is 0 Å². The second-order valence-corrected chi connectivity index (χ2v) is 10.5. The van der Waals surface area contributed by atoms with Gasteiger partial charge in [-0.15, -0.1) is 0 Å². The predicted molar refractivity (Wildman–Crippen MR) is 127 cm³/mol. The van der Waals surface area contributed by atoms with E-state index in [2.05, 4.69) is 30.2 Å². The number of benzene rings is 2. The molecule has 0 bridgehead atoms. The SMILES string of the molecule is CC(C)(C(=O)Nc1ccc(Cl)cc1)C1CC2CC(c3ccnc4ccc(F)cc34)C[C@@H]2C1. The highest BCUT2D eigenvalue weighted by Crippen LogP contribution is 2.56. The number of halogens is 2. The molecule has 3 unspecified atom stereocenters. The zero-order valence-corrected chi connectivity index (χ0v) is 19.2. The molecule has 1 heterocycles. The lowest BCUT2D eigenvalue weighted by atomic mass is 9.75. The minimum atomic E-state index is -0.439. The lowest BCUT2D eigenvalue weighted by molar-refractivity contribution is -0.126. The summed E-state index contributed by atoms with van der Waals surface area (Å²) in [5.41, 5.74) is 2.42. The van der Waals surface area contributed by atoms with Gasteiger partial charge >= 0.3 is 0 Å². The summed E-state index contributed by atoms with van der Waals surface area (Å²) in [6, 6.07) is 14.2. The van der Waals surface area contributed by atoms with Crippen molar-refractivity contribution in [2.24, 2.45) is 23.2 Å². The van der Waals surface area contributed by atoms with E-state index in [0.29, 0.717) is 28.7 Å². The average Bonchev–Trinajstić information content (AvgIpc) is 3.34. The third-order valence-corrected chi connectivity index (χ3v) is 8.15. The molecule has 5 rings (SSSR count). The number of carbonyl (C=O) groups is 1. The van der Waals surface area contributed by atoms with E-state index in [4.69, 9.17) is 11.6 Å². The second-order valence-electron chi connectivity index (χ2n) is 10.1. The van der Waals surface area contributed by atoms with Crippen molar-refractivity contribution in [3.8, 4) is 0 Å². The molecule has 32 heavy (non-hydrogen) atoms. The molecule has 4 atom stereocenters. The number of amides is 1. The first-order valence-electron chi connectivity index (χ1n) is 11.4. The van der Waals surface area contributed by atoms with Gasteiger partial charge in [-0.1, -0.05) is 25.4 Å². The van der Waals surface area contributed by atoms with Crippen LogP contribution in [-0.2, 0) is 4.79 Å². The van der Waals surface area contributed by atoms with Gasteiger partial charge in [0.2, 0.25) is 5.91 Å². The molecule has 3 nitrogen and oxygen atoms in total. The highest BCUT2D eigenvalue weighted by molar-refractivity contribution is 6.30. The number of aromatic nitrogens is 1. The molecular weight excluding hydrogens is 423 g/mol. The quantitative estimate of drug-likeness (QED) is 0.456. The van der Waals surface area contributed by atoms with Crippen LogP contribution < -0.4 is 5.32 Å². The summed E-state index contributed by atoms with van der Waals surface area (Å²) in [4.78, 5) is 17.5. The number of hydrogen-bond donors (Lipinski definition) is 1.